The highest BCUT2D eigenvalue weighted by Crippen LogP contribution is 2.37. The number of thioether (sulfide) groups is 1. The second kappa shape index (κ2) is 4.60. The molecule has 0 spiro atoms. The van der Waals surface area contributed by atoms with Crippen molar-refractivity contribution >= 4 is 17.5 Å². The van der Waals surface area contributed by atoms with Crippen LogP contribution in [0.3, 0.4) is 0 Å². The number of hydrogen-bond donors (Lipinski definition) is 1. The van der Waals surface area contributed by atoms with Gasteiger partial charge in [-0.1, -0.05) is 0 Å². The molecular formula is C8H8F5NOS. The van der Waals surface area contributed by atoms with Gasteiger partial charge in [-0.05, 0) is 6.42 Å². The molecule has 92 valence electrons. The van der Waals surface area contributed by atoms with E-state index in [-0.39, 0.29) is 5.03 Å². The van der Waals surface area contributed by atoms with Crippen LogP contribution in [0.2, 0.25) is 0 Å². The molecule has 0 aromatic rings. The fraction of sp³-hybridized carbons (Fsp3) is 0.625. The lowest BCUT2D eigenvalue weighted by atomic mass is 10.2. The largest absolute Gasteiger partial charge is 0.461 e. The van der Waals surface area contributed by atoms with Gasteiger partial charge in [0.1, 0.15) is 0 Å². The van der Waals surface area contributed by atoms with Crippen LogP contribution >= 0.6 is 11.8 Å². The van der Waals surface area contributed by atoms with Crippen molar-refractivity contribution in [3.05, 3.63) is 11.1 Å². The molecule has 0 aromatic carbocycles. The average molecular weight is 261 g/mol. The molecule has 8 heteroatoms. The van der Waals surface area contributed by atoms with Crippen LogP contribution in [0.1, 0.15) is 6.42 Å². The lowest BCUT2D eigenvalue weighted by Crippen LogP contribution is -2.43. The second-order valence-electron chi connectivity index (χ2n) is 3.07. The van der Waals surface area contributed by atoms with Gasteiger partial charge in [-0.15, -0.1) is 11.8 Å². The van der Waals surface area contributed by atoms with Crippen molar-refractivity contribution in [1.29, 1.82) is 0 Å². The first-order chi connectivity index (χ1) is 7.25. The summed E-state index contributed by atoms with van der Waals surface area (Å²) < 4.78 is 60.5. The van der Waals surface area contributed by atoms with E-state index in [2.05, 4.69) is 5.32 Å². The zero-order valence-corrected chi connectivity index (χ0v) is 8.72. The summed E-state index contributed by atoms with van der Waals surface area (Å²) >= 11 is 1.05. The Balaban J connectivity index is 2.78. The molecule has 0 atom stereocenters. The second-order valence-corrected chi connectivity index (χ2v) is 4.21. The fourth-order valence-corrected chi connectivity index (χ4v) is 1.86. The quantitative estimate of drug-likeness (QED) is 0.611. The van der Waals surface area contributed by atoms with Crippen molar-refractivity contribution < 1.29 is 26.7 Å². The van der Waals surface area contributed by atoms with Crippen molar-refractivity contribution in [3.63, 3.8) is 0 Å². The molecule has 1 heterocycles. The van der Waals surface area contributed by atoms with E-state index in [1.165, 1.54) is 0 Å². The fourth-order valence-electron chi connectivity index (χ4n) is 0.959. The van der Waals surface area contributed by atoms with Gasteiger partial charge in [0.2, 0.25) is 5.78 Å². The molecule has 1 N–H and O–H groups in total. The number of alkyl halides is 5. The van der Waals surface area contributed by atoms with Gasteiger partial charge in [-0.3, -0.25) is 4.79 Å². The Morgan fingerprint density at radius 2 is 1.94 bits per heavy atom. The van der Waals surface area contributed by atoms with Crippen molar-refractivity contribution in [2.24, 2.45) is 0 Å². The van der Waals surface area contributed by atoms with Crippen molar-refractivity contribution in [2.45, 2.75) is 18.5 Å². The standard InChI is InChI=1S/C8H8F5NOS/c9-7(10,8(11,12)13)5(15)4-6-14-2-1-3-16-6/h4,14H,1-3H2/b6-4+. The maximum atomic E-state index is 12.5. The van der Waals surface area contributed by atoms with Gasteiger partial charge in [0.25, 0.3) is 0 Å². The minimum absolute atomic E-state index is 0.0557. The van der Waals surface area contributed by atoms with Crippen LogP contribution in [-0.4, -0.2) is 30.2 Å². The molecule has 0 bridgehead atoms. The van der Waals surface area contributed by atoms with E-state index in [9.17, 15) is 26.7 Å². The number of nitrogens with one attached hydrogen (secondary N) is 1. The van der Waals surface area contributed by atoms with Crippen LogP contribution in [0.15, 0.2) is 11.1 Å². The summed E-state index contributed by atoms with van der Waals surface area (Å²) in [5, 5.41) is 2.63. The molecule has 0 radical (unpaired) electrons. The van der Waals surface area contributed by atoms with E-state index in [1.54, 1.807) is 0 Å². The van der Waals surface area contributed by atoms with Crippen LogP contribution in [0.25, 0.3) is 0 Å². The predicted octanol–water partition coefficient (Wildman–Crippen LogP) is 2.32. The molecule has 16 heavy (non-hydrogen) atoms. The molecule has 0 saturated carbocycles. The number of carbonyl (C=O) groups is 1. The summed E-state index contributed by atoms with van der Waals surface area (Å²) in [4.78, 5) is 10.8. The zero-order chi connectivity index (χ0) is 12.4. The highest BCUT2D eigenvalue weighted by molar-refractivity contribution is 8.03. The Morgan fingerprint density at radius 1 is 1.31 bits per heavy atom. The molecule has 1 aliphatic heterocycles. The molecule has 1 rings (SSSR count). The summed E-state index contributed by atoms with van der Waals surface area (Å²) in [5.74, 6) is -6.97. The maximum Gasteiger partial charge on any atom is 0.461 e. The predicted molar refractivity (Wildman–Crippen MR) is 49.2 cm³/mol. The number of rotatable bonds is 2. The lowest BCUT2D eigenvalue weighted by Gasteiger charge is -2.19. The molecule has 0 aromatic heterocycles. The van der Waals surface area contributed by atoms with Gasteiger partial charge < -0.3 is 5.32 Å². The van der Waals surface area contributed by atoms with Crippen LogP contribution in [0, 0.1) is 0 Å². The minimum atomic E-state index is -5.85. The molecule has 0 unspecified atom stereocenters. The van der Waals surface area contributed by atoms with E-state index in [4.69, 9.17) is 0 Å². The number of hydrogen-bond acceptors (Lipinski definition) is 3. The van der Waals surface area contributed by atoms with Gasteiger partial charge >= 0.3 is 12.1 Å². The van der Waals surface area contributed by atoms with E-state index < -0.39 is 17.9 Å². The normalized spacial score (nSPS) is 20.7. The van der Waals surface area contributed by atoms with E-state index >= 15 is 0 Å². The molecule has 1 saturated heterocycles. The minimum Gasteiger partial charge on any atom is -0.380 e. The van der Waals surface area contributed by atoms with E-state index in [1.807, 2.05) is 0 Å². The first-order valence-corrected chi connectivity index (χ1v) is 5.31. The summed E-state index contributed by atoms with van der Waals surface area (Å²) in [6.45, 7) is 0.462. The number of allylic oxidation sites excluding steroid dienone is 1. The third-order valence-corrected chi connectivity index (χ3v) is 2.87. The highest BCUT2D eigenvalue weighted by atomic mass is 32.2. The van der Waals surface area contributed by atoms with Gasteiger partial charge in [0, 0.05) is 18.4 Å². The Morgan fingerprint density at radius 3 is 2.38 bits per heavy atom. The highest BCUT2D eigenvalue weighted by Gasteiger charge is 2.62. The first kappa shape index (κ1) is 13.3. The topological polar surface area (TPSA) is 29.1 Å². The monoisotopic (exact) mass is 261 g/mol. The summed E-state index contributed by atoms with van der Waals surface area (Å²) in [6, 6.07) is 0. The molecule has 2 nitrogen and oxygen atoms in total. The average Bonchev–Trinajstić information content (AvgIpc) is 2.17. The molecule has 0 aliphatic carbocycles. The van der Waals surface area contributed by atoms with Gasteiger partial charge in [0.05, 0.1) is 5.03 Å². The van der Waals surface area contributed by atoms with Crippen molar-refractivity contribution in [3.8, 4) is 0 Å². The van der Waals surface area contributed by atoms with Crippen molar-refractivity contribution in [2.75, 3.05) is 12.3 Å². The SMILES string of the molecule is O=C(/C=C1\NCCCS1)C(F)(F)C(F)(F)F. The van der Waals surface area contributed by atoms with E-state index in [0.29, 0.717) is 18.4 Å². The Hall–Kier alpha value is -0.790. The number of carbonyl (C=O) groups excluding carboxylic acids is 1. The number of halogens is 5. The molecule has 1 fully saturated rings. The maximum absolute atomic E-state index is 12.5. The Labute approximate surface area is 92.3 Å². The smallest absolute Gasteiger partial charge is 0.380 e. The van der Waals surface area contributed by atoms with Crippen LogP contribution in [0.5, 0.6) is 0 Å². The van der Waals surface area contributed by atoms with E-state index in [0.717, 1.165) is 18.2 Å². The van der Waals surface area contributed by atoms with Crippen LogP contribution < -0.4 is 5.32 Å². The van der Waals surface area contributed by atoms with Crippen molar-refractivity contribution in [1.82, 2.24) is 5.32 Å². The Kier molecular flexibility index (Phi) is 3.82. The third kappa shape index (κ3) is 2.87. The van der Waals surface area contributed by atoms with Crippen LogP contribution in [0.4, 0.5) is 22.0 Å². The molecular weight excluding hydrogens is 253 g/mol. The third-order valence-electron chi connectivity index (χ3n) is 1.81. The first-order valence-electron chi connectivity index (χ1n) is 4.32. The number of ketones is 1. The van der Waals surface area contributed by atoms with Gasteiger partial charge in [0.15, 0.2) is 0 Å². The summed E-state index contributed by atoms with van der Waals surface area (Å²) in [5.41, 5.74) is 0. The summed E-state index contributed by atoms with van der Waals surface area (Å²) in [6.07, 6.45) is -4.76. The zero-order valence-electron chi connectivity index (χ0n) is 7.90. The molecule has 1 aliphatic rings. The Bertz CT molecular complexity index is 304. The van der Waals surface area contributed by atoms with Crippen LogP contribution in [-0.2, 0) is 4.79 Å². The van der Waals surface area contributed by atoms with Gasteiger partial charge in [-0.2, -0.15) is 22.0 Å². The molecule has 0 amide bonds. The summed E-state index contributed by atoms with van der Waals surface area (Å²) in [7, 11) is 0. The van der Waals surface area contributed by atoms with Gasteiger partial charge in [-0.25, -0.2) is 0 Å². The lowest BCUT2D eigenvalue weighted by molar-refractivity contribution is -0.266.